The first-order valence-corrected chi connectivity index (χ1v) is 5.69. The Balaban J connectivity index is 2.24. The van der Waals surface area contributed by atoms with E-state index in [-0.39, 0.29) is 11.7 Å². The van der Waals surface area contributed by atoms with Crippen LogP contribution in [0.15, 0.2) is 30.6 Å². The van der Waals surface area contributed by atoms with Gasteiger partial charge < -0.3 is 4.74 Å². The molecule has 90 valence electrons. The van der Waals surface area contributed by atoms with Crippen LogP contribution < -0.4 is 0 Å². The van der Waals surface area contributed by atoms with Crippen LogP contribution in [0.25, 0.3) is 5.52 Å². The SMILES string of the molecule is COCCC(C)C(=O)c1cnn2ccccc12. The Hall–Kier alpha value is -1.68. The number of carbonyl (C=O) groups excluding carboxylic acids is 1. The Morgan fingerprint density at radius 1 is 1.53 bits per heavy atom. The molecule has 0 saturated heterocycles. The normalized spacial score (nSPS) is 12.8. The van der Waals surface area contributed by atoms with Gasteiger partial charge in [-0.2, -0.15) is 5.10 Å². The Morgan fingerprint density at radius 2 is 2.35 bits per heavy atom. The lowest BCUT2D eigenvalue weighted by Crippen LogP contribution is -2.13. The molecule has 1 atom stereocenters. The highest BCUT2D eigenvalue weighted by Gasteiger charge is 2.18. The summed E-state index contributed by atoms with van der Waals surface area (Å²) in [5, 5.41) is 4.17. The summed E-state index contributed by atoms with van der Waals surface area (Å²) >= 11 is 0. The maximum absolute atomic E-state index is 12.2. The van der Waals surface area contributed by atoms with E-state index in [4.69, 9.17) is 4.74 Å². The molecule has 0 radical (unpaired) electrons. The van der Waals surface area contributed by atoms with Gasteiger partial charge in [-0.3, -0.25) is 4.79 Å². The van der Waals surface area contributed by atoms with E-state index >= 15 is 0 Å². The van der Waals surface area contributed by atoms with Crippen molar-refractivity contribution < 1.29 is 9.53 Å². The number of Topliss-reactive ketones (excluding diaryl/α,β-unsaturated/α-hetero) is 1. The van der Waals surface area contributed by atoms with Crippen LogP contribution in [0, 0.1) is 5.92 Å². The molecule has 0 bridgehead atoms. The first-order chi connectivity index (χ1) is 8.24. The van der Waals surface area contributed by atoms with Crippen molar-refractivity contribution in [3.8, 4) is 0 Å². The minimum Gasteiger partial charge on any atom is -0.385 e. The van der Waals surface area contributed by atoms with E-state index in [0.717, 1.165) is 11.9 Å². The van der Waals surface area contributed by atoms with Gasteiger partial charge in [-0.15, -0.1) is 0 Å². The molecule has 0 N–H and O–H groups in total. The summed E-state index contributed by atoms with van der Waals surface area (Å²) in [6, 6.07) is 5.71. The van der Waals surface area contributed by atoms with Crippen molar-refractivity contribution in [1.82, 2.24) is 9.61 Å². The molecule has 2 heterocycles. The first-order valence-electron chi connectivity index (χ1n) is 5.69. The number of hydrogen-bond acceptors (Lipinski definition) is 3. The zero-order valence-electron chi connectivity index (χ0n) is 10.1. The second kappa shape index (κ2) is 5.10. The van der Waals surface area contributed by atoms with Crippen molar-refractivity contribution in [1.29, 1.82) is 0 Å². The zero-order chi connectivity index (χ0) is 12.3. The van der Waals surface area contributed by atoms with Crippen molar-refractivity contribution in [2.45, 2.75) is 13.3 Å². The van der Waals surface area contributed by atoms with Gasteiger partial charge in [0.2, 0.25) is 0 Å². The number of ether oxygens (including phenoxy) is 1. The molecule has 4 heteroatoms. The molecule has 0 spiro atoms. The number of hydrogen-bond donors (Lipinski definition) is 0. The fourth-order valence-electron chi connectivity index (χ4n) is 1.82. The lowest BCUT2D eigenvalue weighted by atomic mass is 9.98. The van der Waals surface area contributed by atoms with Gasteiger partial charge in [-0.25, -0.2) is 4.52 Å². The van der Waals surface area contributed by atoms with E-state index in [9.17, 15) is 4.79 Å². The quantitative estimate of drug-likeness (QED) is 0.742. The highest BCUT2D eigenvalue weighted by atomic mass is 16.5. The summed E-state index contributed by atoms with van der Waals surface area (Å²) in [6.45, 7) is 2.53. The lowest BCUT2D eigenvalue weighted by Gasteiger charge is -2.08. The number of carbonyl (C=O) groups is 1. The molecule has 1 unspecified atom stereocenters. The second-order valence-electron chi connectivity index (χ2n) is 4.14. The van der Waals surface area contributed by atoms with Crippen LogP contribution in [-0.2, 0) is 4.74 Å². The van der Waals surface area contributed by atoms with Crippen LogP contribution in [0.5, 0.6) is 0 Å². The topological polar surface area (TPSA) is 43.6 Å². The first kappa shape index (κ1) is 11.8. The maximum Gasteiger partial charge on any atom is 0.169 e. The van der Waals surface area contributed by atoms with E-state index in [1.807, 2.05) is 31.3 Å². The van der Waals surface area contributed by atoms with Crippen LogP contribution in [0.4, 0.5) is 0 Å². The van der Waals surface area contributed by atoms with E-state index in [0.29, 0.717) is 12.2 Å². The highest BCUT2D eigenvalue weighted by molar-refractivity contribution is 6.03. The van der Waals surface area contributed by atoms with Gasteiger partial charge in [-0.05, 0) is 18.6 Å². The van der Waals surface area contributed by atoms with Gasteiger partial charge in [0.25, 0.3) is 0 Å². The average Bonchev–Trinajstić information content (AvgIpc) is 2.78. The maximum atomic E-state index is 12.2. The summed E-state index contributed by atoms with van der Waals surface area (Å²) in [6.07, 6.45) is 4.21. The third-order valence-electron chi connectivity index (χ3n) is 2.89. The third kappa shape index (κ3) is 2.36. The molecule has 0 fully saturated rings. The van der Waals surface area contributed by atoms with Crippen molar-refractivity contribution in [2.24, 2.45) is 5.92 Å². The molecule has 0 saturated carbocycles. The molecule has 0 aromatic carbocycles. The number of ketones is 1. The number of aromatic nitrogens is 2. The molecule has 17 heavy (non-hydrogen) atoms. The summed E-state index contributed by atoms with van der Waals surface area (Å²) in [5.74, 6) is 0.0893. The average molecular weight is 232 g/mol. The summed E-state index contributed by atoms with van der Waals surface area (Å²) in [5.41, 5.74) is 1.55. The molecule has 4 nitrogen and oxygen atoms in total. The van der Waals surface area contributed by atoms with Gasteiger partial charge >= 0.3 is 0 Å². The van der Waals surface area contributed by atoms with E-state index in [1.165, 1.54) is 0 Å². The zero-order valence-corrected chi connectivity index (χ0v) is 10.1. The van der Waals surface area contributed by atoms with Crippen LogP contribution in [0.1, 0.15) is 23.7 Å². The molecule has 0 aliphatic rings. The largest absolute Gasteiger partial charge is 0.385 e. The van der Waals surface area contributed by atoms with Crippen molar-refractivity contribution >= 4 is 11.3 Å². The molecular weight excluding hydrogens is 216 g/mol. The van der Waals surface area contributed by atoms with Gasteiger partial charge in [0.15, 0.2) is 5.78 Å². The summed E-state index contributed by atoms with van der Waals surface area (Å²) in [4.78, 5) is 12.2. The summed E-state index contributed by atoms with van der Waals surface area (Å²) < 4.78 is 6.71. The van der Waals surface area contributed by atoms with Crippen LogP contribution in [-0.4, -0.2) is 29.1 Å². The van der Waals surface area contributed by atoms with Crippen LogP contribution in [0.3, 0.4) is 0 Å². The Bertz CT molecular complexity index is 519. The monoisotopic (exact) mass is 232 g/mol. The molecule has 2 aromatic rings. The minimum atomic E-state index is -0.0387. The lowest BCUT2D eigenvalue weighted by molar-refractivity contribution is 0.0895. The number of pyridine rings is 1. The molecular formula is C13H16N2O2. The predicted molar refractivity (Wildman–Crippen MR) is 65.2 cm³/mol. The Labute approximate surface area is 100 Å². The molecule has 2 aromatic heterocycles. The summed E-state index contributed by atoms with van der Waals surface area (Å²) in [7, 11) is 1.65. The highest BCUT2D eigenvalue weighted by Crippen LogP contribution is 2.17. The van der Waals surface area contributed by atoms with Crippen LogP contribution in [0.2, 0.25) is 0 Å². The molecule has 0 aliphatic carbocycles. The number of rotatable bonds is 5. The van der Waals surface area contributed by atoms with E-state index < -0.39 is 0 Å². The Morgan fingerprint density at radius 3 is 3.12 bits per heavy atom. The third-order valence-corrected chi connectivity index (χ3v) is 2.89. The van der Waals surface area contributed by atoms with Crippen molar-refractivity contribution in [3.63, 3.8) is 0 Å². The predicted octanol–water partition coefficient (Wildman–Crippen LogP) is 2.19. The van der Waals surface area contributed by atoms with Crippen molar-refractivity contribution in [2.75, 3.05) is 13.7 Å². The van der Waals surface area contributed by atoms with Gasteiger partial charge in [0.05, 0.1) is 17.3 Å². The fraction of sp³-hybridized carbons (Fsp3) is 0.385. The molecule has 0 amide bonds. The fourth-order valence-corrected chi connectivity index (χ4v) is 1.82. The molecule has 0 aliphatic heterocycles. The van der Waals surface area contributed by atoms with Gasteiger partial charge in [0, 0.05) is 25.8 Å². The van der Waals surface area contributed by atoms with Gasteiger partial charge in [0.1, 0.15) is 0 Å². The van der Waals surface area contributed by atoms with E-state index in [1.54, 1.807) is 17.8 Å². The van der Waals surface area contributed by atoms with Crippen LogP contribution >= 0.6 is 0 Å². The Kier molecular flexibility index (Phi) is 3.54. The molecule has 2 rings (SSSR count). The van der Waals surface area contributed by atoms with E-state index in [2.05, 4.69) is 5.10 Å². The smallest absolute Gasteiger partial charge is 0.169 e. The minimum absolute atomic E-state index is 0.0387. The number of methoxy groups -OCH3 is 1. The van der Waals surface area contributed by atoms with Crippen molar-refractivity contribution in [3.05, 3.63) is 36.2 Å². The second-order valence-corrected chi connectivity index (χ2v) is 4.14. The number of fused-ring (bicyclic) bond motifs is 1. The van der Waals surface area contributed by atoms with Gasteiger partial charge in [-0.1, -0.05) is 13.0 Å². The standard InChI is InChI=1S/C13H16N2O2/c1-10(6-8-17-2)13(16)11-9-14-15-7-4-3-5-12(11)15/h3-5,7,9-10H,6,8H2,1-2H3. The number of nitrogens with zero attached hydrogens (tertiary/aromatic N) is 2.